The molecule has 0 saturated carbocycles. The molecule has 0 amide bonds. The third-order valence-electron chi connectivity index (χ3n) is 5.34. The molecule has 0 radical (unpaired) electrons. The topological polar surface area (TPSA) is 76.0 Å². The van der Waals surface area contributed by atoms with Gasteiger partial charge in [0.25, 0.3) is 0 Å². The Morgan fingerprint density at radius 1 is 0.966 bits per heavy atom. The lowest BCUT2D eigenvalue weighted by atomic mass is 9.83. The molecule has 0 spiro atoms. The number of carboxylic acids is 1. The minimum absolute atomic E-state index is 0.0970. The van der Waals surface area contributed by atoms with Crippen molar-refractivity contribution < 1.29 is 28.9 Å². The first-order valence-electron chi connectivity index (χ1n) is 8.96. The zero-order chi connectivity index (χ0) is 20.2. The van der Waals surface area contributed by atoms with Gasteiger partial charge < -0.3 is 19.7 Å². The fourth-order valence-electron chi connectivity index (χ4n) is 4.07. The number of fused-ring (bicyclic) bond motifs is 2. The van der Waals surface area contributed by atoms with Crippen LogP contribution in [0.1, 0.15) is 22.3 Å². The number of halogens is 1. The average molecular weight is 390 g/mol. The third-order valence-corrected chi connectivity index (χ3v) is 5.34. The monoisotopic (exact) mass is 390 g/mol. The Bertz CT molecular complexity index is 1180. The number of hydrogen-bond acceptors (Lipinski definition) is 4. The number of rotatable bonds is 3. The van der Waals surface area contributed by atoms with Crippen LogP contribution in [-0.4, -0.2) is 23.0 Å². The van der Waals surface area contributed by atoms with Crippen LogP contribution in [0.15, 0.2) is 72.3 Å². The van der Waals surface area contributed by atoms with Crippen LogP contribution in [0, 0.1) is 5.82 Å². The molecule has 1 heterocycles. The molecule has 0 fully saturated rings. The first-order valence-corrected chi connectivity index (χ1v) is 8.96. The largest absolute Gasteiger partial charge is 0.478 e. The highest BCUT2D eigenvalue weighted by molar-refractivity contribution is 6.07. The van der Waals surface area contributed by atoms with E-state index in [1.165, 1.54) is 24.3 Å². The van der Waals surface area contributed by atoms with Crippen molar-refractivity contribution in [1.82, 2.24) is 0 Å². The molecule has 1 unspecified atom stereocenters. The molecule has 5 nitrogen and oxygen atoms in total. The third kappa shape index (κ3) is 2.46. The minimum atomic E-state index is -1.93. The maximum absolute atomic E-state index is 13.5. The predicted molar refractivity (Wildman–Crippen MR) is 102 cm³/mol. The summed E-state index contributed by atoms with van der Waals surface area (Å²) in [6.45, 7) is 0.0970. The van der Waals surface area contributed by atoms with E-state index in [0.717, 1.165) is 0 Å². The number of hydrogen-bond donors (Lipinski definition) is 2. The standard InChI is InChI=1S/C23H15FO5/c24-15-8-6-14(7-9-15)23(27)17-4-2-1-3-16(17)20(21(23)22(25)26)13-5-10-18-19(11-13)29-12-28-18/h1-11,27H,12H2,(H,25,26). The van der Waals surface area contributed by atoms with Crippen molar-refractivity contribution in [2.75, 3.05) is 6.79 Å². The van der Waals surface area contributed by atoms with E-state index in [4.69, 9.17) is 9.47 Å². The van der Waals surface area contributed by atoms with Crippen molar-refractivity contribution in [1.29, 1.82) is 0 Å². The molecule has 1 atom stereocenters. The minimum Gasteiger partial charge on any atom is -0.478 e. The van der Waals surface area contributed by atoms with Gasteiger partial charge >= 0.3 is 5.97 Å². The lowest BCUT2D eigenvalue weighted by Gasteiger charge is -2.27. The Labute approximate surface area is 165 Å². The number of aliphatic hydroxyl groups is 1. The van der Waals surface area contributed by atoms with E-state index in [1.807, 2.05) is 0 Å². The van der Waals surface area contributed by atoms with Crippen molar-refractivity contribution in [3.8, 4) is 11.5 Å². The summed E-state index contributed by atoms with van der Waals surface area (Å²) in [6, 6.07) is 17.3. The van der Waals surface area contributed by atoms with Crippen LogP contribution < -0.4 is 9.47 Å². The number of carbonyl (C=O) groups is 1. The fraction of sp³-hybridized carbons (Fsp3) is 0.0870. The molecule has 1 aliphatic heterocycles. The quantitative estimate of drug-likeness (QED) is 0.713. The van der Waals surface area contributed by atoms with Crippen LogP contribution in [-0.2, 0) is 10.4 Å². The summed E-state index contributed by atoms with van der Waals surface area (Å²) >= 11 is 0. The summed E-state index contributed by atoms with van der Waals surface area (Å²) in [5.74, 6) is -0.651. The maximum Gasteiger partial charge on any atom is 0.335 e. The van der Waals surface area contributed by atoms with Gasteiger partial charge in [-0.3, -0.25) is 0 Å². The Balaban J connectivity index is 1.82. The molecule has 6 heteroatoms. The van der Waals surface area contributed by atoms with Gasteiger partial charge in [-0.25, -0.2) is 9.18 Å². The summed E-state index contributed by atoms with van der Waals surface area (Å²) in [5.41, 5.74) is 0.147. The van der Waals surface area contributed by atoms with Crippen LogP contribution in [0.25, 0.3) is 5.57 Å². The molecular weight excluding hydrogens is 375 g/mol. The van der Waals surface area contributed by atoms with Crippen molar-refractivity contribution in [3.05, 3.63) is 100 Å². The average Bonchev–Trinajstić information content (AvgIpc) is 3.29. The van der Waals surface area contributed by atoms with E-state index in [0.29, 0.717) is 33.8 Å². The van der Waals surface area contributed by atoms with Gasteiger partial charge in [-0.1, -0.05) is 42.5 Å². The van der Waals surface area contributed by atoms with Gasteiger partial charge in [0.2, 0.25) is 6.79 Å². The van der Waals surface area contributed by atoms with Gasteiger partial charge in [-0.05, 0) is 41.0 Å². The molecule has 5 rings (SSSR count). The Morgan fingerprint density at radius 3 is 2.45 bits per heavy atom. The molecule has 1 aliphatic carbocycles. The summed E-state index contributed by atoms with van der Waals surface area (Å²) in [5, 5.41) is 21.9. The second-order valence-corrected chi connectivity index (χ2v) is 6.89. The molecule has 0 aromatic heterocycles. The van der Waals surface area contributed by atoms with Crippen molar-refractivity contribution in [3.63, 3.8) is 0 Å². The van der Waals surface area contributed by atoms with Crippen molar-refractivity contribution in [2.24, 2.45) is 0 Å². The zero-order valence-corrected chi connectivity index (χ0v) is 15.1. The van der Waals surface area contributed by atoms with Crippen molar-refractivity contribution >= 4 is 11.5 Å². The first kappa shape index (κ1) is 17.5. The molecule has 3 aromatic rings. The van der Waals surface area contributed by atoms with Gasteiger partial charge in [-0.2, -0.15) is 0 Å². The maximum atomic E-state index is 13.5. The molecule has 144 valence electrons. The Hall–Kier alpha value is -3.64. The zero-order valence-electron chi connectivity index (χ0n) is 15.1. The molecule has 0 bridgehead atoms. The van der Waals surface area contributed by atoms with Crippen LogP contribution in [0.2, 0.25) is 0 Å². The van der Waals surface area contributed by atoms with Crippen LogP contribution in [0.4, 0.5) is 4.39 Å². The highest BCUT2D eigenvalue weighted by atomic mass is 19.1. The summed E-state index contributed by atoms with van der Waals surface area (Å²) in [4.78, 5) is 12.4. The van der Waals surface area contributed by atoms with Gasteiger partial charge in [0, 0.05) is 11.1 Å². The predicted octanol–water partition coefficient (Wildman–Crippen LogP) is 3.69. The van der Waals surface area contributed by atoms with Gasteiger partial charge in [0.15, 0.2) is 11.5 Å². The summed E-state index contributed by atoms with van der Waals surface area (Å²) in [6.07, 6.45) is 0. The van der Waals surface area contributed by atoms with Crippen molar-refractivity contribution in [2.45, 2.75) is 5.60 Å². The Morgan fingerprint density at radius 2 is 1.69 bits per heavy atom. The number of aliphatic carboxylic acids is 1. The van der Waals surface area contributed by atoms with E-state index in [9.17, 15) is 19.4 Å². The lowest BCUT2D eigenvalue weighted by molar-refractivity contribution is -0.134. The highest BCUT2D eigenvalue weighted by Crippen LogP contribution is 2.51. The molecule has 0 saturated heterocycles. The normalized spacial score (nSPS) is 19.4. The van der Waals surface area contributed by atoms with Crippen LogP contribution >= 0.6 is 0 Å². The second-order valence-electron chi connectivity index (χ2n) is 6.89. The van der Waals surface area contributed by atoms with Crippen LogP contribution in [0.5, 0.6) is 11.5 Å². The summed E-state index contributed by atoms with van der Waals surface area (Å²) < 4.78 is 24.3. The molecular formula is C23H15FO5. The number of benzene rings is 3. The molecule has 29 heavy (non-hydrogen) atoms. The van der Waals surface area contributed by atoms with E-state index < -0.39 is 17.4 Å². The Kier molecular flexibility index (Phi) is 3.72. The molecule has 2 aliphatic rings. The van der Waals surface area contributed by atoms with E-state index in [-0.39, 0.29) is 17.9 Å². The van der Waals surface area contributed by atoms with Gasteiger partial charge in [-0.15, -0.1) is 0 Å². The summed E-state index contributed by atoms with van der Waals surface area (Å²) in [7, 11) is 0. The van der Waals surface area contributed by atoms with Gasteiger partial charge in [0.05, 0.1) is 5.57 Å². The molecule has 3 aromatic carbocycles. The highest BCUT2D eigenvalue weighted by Gasteiger charge is 2.48. The van der Waals surface area contributed by atoms with Crippen LogP contribution in [0.3, 0.4) is 0 Å². The van der Waals surface area contributed by atoms with E-state index in [1.54, 1.807) is 42.5 Å². The number of ether oxygens (including phenoxy) is 2. The number of carboxylic acid groups (broad SMARTS) is 1. The van der Waals surface area contributed by atoms with Gasteiger partial charge in [0.1, 0.15) is 11.4 Å². The first-order chi connectivity index (χ1) is 14.0. The van der Waals surface area contributed by atoms with E-state index >= 15 is 0 Å². The lowest BCUT2D eigenvalue weighted by Crippen LogP contribution is -2.31. The fourth-order valence-corrected chi connectivity index (χ4v) is 4.07. The van der Waals surface area contributed by atoms with E-state index in [2.05, 4.69) is 0 Å². The SMILES string of the molecule is O=C(O)C1=C(c2ccc3c(c2)OCO3)c2ccccc2C1(O)c1ccc(F)cc1. The smallest absolute Gasteiger partial charge is 0.335 e. The molecule has 2 N–H and O–H groups in total. The second kappa shape index (κ2) is 6.18.